The second kappa shape index (κ2) is 8.60. The van der Waals surface area contributed by atoms with Crippen LogP contribution in [0.3, 0.4) is 0 Å². The van der Waals surface area contributed by atoms with E-state index in [2.05, 4.69) is 10.4 Å². The lowest BCUT2D eigenvalue weighted by atomic mass is 10.1. The van der Waals surface area contributed by atoms with Gasteiger partial charge in [-0.3, -0.25) is 4.79 Å². The second-order valence-electron chi connectivity index (χ2n) is 6.12. The van der Waals surface area contributed by atoms with E-state index in [1.807, 2.05) is 38.1 Å². The van der Waals surface area contributed by atoms with Gasteiger partial charge in [-0.25, -0.2) is 9.07 Å². The Labute approximate surface area is 157 Å². The fourth-order valence-corrected chi connectivity index (χ4v) is 2.83. The SMILES string of the molecule is CCOCc1ccccc1CNC(=O)c1cnn(-c2ccc(F)cc2)c1C. The van der Waals surface area contributed by atoms with Crippen molar-refractivity contribution in [3.8, 4) is 5.69 Å². The number of ether oxygens (including phenoxy) is 1. The summed E-state index contributed by atoms with van der Waals surface area (Å²) in [5.74, 6) is -0.515. The zero-order valence-electron chi connectivity index (χ0n) is 15.4. The third-order valence-corrected chi connectivity index (χ3v) is 4.35. The highest BCUT2D eigenvalue weighted by atomic mass is 19.1. The molecule has 140 valence electrons. The molecule has 0 saturated heterocycles. The average Bonchev–Trinajstić information content (AvgIpc) is 3.07. The van der Waals surface area contributed by atoms with Crippen LogP contribution in [0.2, 0.25) is 0 Å². The summed E-state index contributed by atoms with van der Waals surface area (Å²) >= 11 is 0. The first-order valence-electron chi connectivity index (χ1n) is 8.83. The van der Waals surface area contributed by atoms with E-state index in [1.54, 1.807) is 16.8 Å². The van der Waals surface area contributed by atoms with Crippen LogP contribution >= 0.6 is 0 Å². The van der Waals surface area contributed by atoms with Gasteiger partial charge in [0.2, 0.25) is 0 Å². The predicted molar refractivity (Wildman–Crippen MR) is 101 cm³/mol. The molecule has 3 rings (SSSR count). The Morgan fingerprint density at radius 3 is 2.56 bits per heavy atom. The standard InChI is InChI=1S/C21H22FN3O2/c1-3-27-14-17-7-5-4-6-16(17)12-23-21(26)20-13-24-25(15(20)2)19-10-8-18(22)9-11-19/h4-11,13H,3,12,14H2,1-2H3,(H,23,26). The predicted octanol–water partition coefficient (Wildman–Crippen LogP) is 3.79. The van der Waals surface area contributed by atoms with Crippen molar-refractivity contribution in [1.82, 2.24) is 15.1 Å². The molecule has 0 fully saturated rings. The highest BCUT2D eigenvalue weighted by Crippen LogP contribution is 2.15. The molecule has 0 saturated carbocycles. The topological polar surface area (TPSA) is 56.1 Å². The van der Waals surface area contributed by atoms with Crippen LogP contribution in [-0.2, 0) is 17.9 Å². The number of benzene rings is 2. The molecule has 0 unspecified atom stereocenters. The third kappa shape index (κ3) is 4.41. The van der Waals surface area contributed by atoms with Gasteiger partial charge in [0.1, 0.15) is 5.82 Å². The van der Waals surface area contributed by atoms with Crippen LogP contribution in [0.1, 0.15) is 34.1 Å². The molecule has 0 aliphatic carbocycles. The largest absolute Gasteiger partial charge is 0.377 e. The van der Waals surface area contributed by atoms with Gasteiger partial charge in [-0.2, -0.15) is 5.10 Å². The Morgan fingerprint density at radius 1 is 1.15 bits per heavy atom. The van der Waals surface area contributed by atoms with Crippen molar-refractivity contribution in [1.29, 1.82) is 0 Å². The molecule has 0 aliphatic rings. The van der Waals surface area contributed by atoms with Crippen molar-refractivity contribution < 1.29 is 13.9 Å². The maximum atomic E-state index is 13.1. The molecule has 0 radical (unpaired) electrons. The highest BCUT2D eigenvalue weighted by Gasteiger charge is 2.15. The lowest BCUT2D eigenvalue weighted by Crippen LogP contribution is -2.24. The number of carbonyl (C=O) groups is 1. The van der Waals surface area contributed by atoms with Crippen molar-refractivity contribution in [3.05, 3.63) is 82.9 Å². The average molecular weight is 367 g/mol. The van der Waals surface area contributed by atoms with E-state index in [1.165, 1.54) is 18.3 Å². The Bertz CT molecular complexity index is 919. The van der Waals surface area contributed by atoms with Gasteiger partial charge in [0, 0.05) is 13.2 Å². The van der Waals surface area contributed by atoms with E-state index in [-0.39, 0.29) is 11.7 Å². The molecule has 2 aromatic carbocycles. The molecule has 1 N–H and O–H groups in total. The third-order valence-electron chi connectivity index (χ3n) is 4.35. The first kappa shape index (κ1) is 18.8. The number of carbonyl (C=O) groups excluding carboxylic acids is 1. The molecular formula is C21H22FN3O2. The van der Waals surface area contributed by atoms with E-state index in [4.69, 9.17) is 4.74 Å². The van der Waals surface area contributed by atoms with Crippen LogP contribution in [0.4, 0.5) is 4.39 Å². The van der Waals surface area contributed by atoms with Crippen molar-refractivity contribution in [2.45, 2.75) is 27.0 Å². The molecule has 0 bridgehead atoms. The van der Waals surface area contributed by atoms with Gasteiger partial charge >= 0.3 is 0 Å². The number of hydrogen-bond donors (Lipinski definition) is 1. The number of rotatable bonds is 7. The summed E-state index contributed by atoms with van der Waals surface area (Å²) in [6.07, 6.45) is 1.53. The monoisotopic (exact) mass is 367 g/mol. The molecule has 5 nitrogen and oxygen atoms in total. The van der Waals surface area contributed by atoms with Gasteiger partial charge in [0.15, 0.2) is 0 Å². The minimum Gasteiger partial charge on any atom is -0.377 e. The summed E-state index contributed by atoms with van der Waals surface area (Å²) < 4.78 is 20.2. The highest BCUT2D eigenvalue weighted by molar-refractivity contribution is 5.95. The number of halogens is 1. The molecule has 0 aliphatic heterocycles. The Morgan fingerprint density at radius 2 is 1.85 bits per heavy atom. The summed E-state index contributed by atoms with van der Waals surface area (Å²) in [6, 6.07) is 13.8. The normalized spacial score (nSPS) is 10.8. The van der Waals surface area contributed by atoms with Crippen LogP contribution in [-0.4, -0.2) is 22.3 Å². The van der Waals surface area contributed by atoms with Crippen LogP contribution in [0, 0.1) is 12.7 Å². The maximum Gasteiger partial charge on any atom is 0.255 e. The van der Waals surface area contributed by atoms with Gasteiger partial charge in [-0.1, -0.05) is 24.3 Å². The summed E-state index contributed by atoms with van der Waals surface area (Å²) in [6.45, 7) is 5.33. The van der Waals surface area contributed by atoms with E-state index < -0.39 is 0 Å². The fourth-order valence-electron chi connectivity index (χ4n) is 2.83. The Balaban J connectivity index is 1.72. The summed E-state index contributed by atoms with van der Waals surface area (Å²) in [5.41, 5.74) is 3.96. The van der Waals surface area contributed by atoms with Crippen molar-refractivity contribution in [2.24, 2.45) is 0 Å². The minimum absolute atomic E-state index is 0.202. The van der Waals surface area contributed by atoms with E-state index >= 15 is 0 Å². The Hall–Kier alpha value is -2.99. The van der Waals surface area contributed by atoms with Crippen LogP contribution in [0.15, 0.2) is 54.7 Å². The number of hydrogen-bond acceptors (Lipinski definition) is 3. The van der Waals surface area contributed by atoms with Gasteiger partial charge < -0.3 is 10.1 Å². The zero-order valence-corrected chi connectivity index (χ0v) is 15.4. The number of nitrogens with zero attached hydrogens (tertiary/aromatic N) is 2. The smallest absolute Gasteiger partial charge is 0.255 e. The van der Waals surface area contributed by atoms with Crippen LogP contribution in [0.25, 0.3) is 5.69 Å². The molecule has 3 aromatic rings. The zero-order chi connectivity index (χ0) is 19.2. The molecule has 0 atom stereocenters. The number of aromatic nitrogens is 2. The molecule has 1 heterocycles. The first-order chi connectivity index (χ1) is 13.1. The van der Waals surface area contributed by atoms with E-state index in [9.17, 15) is 9.18 Å². The van der Waals surface area contributed by atoms with E-state index in [0.717, 1.165) is 11.1 Å². The van der Waals surface area contributed by atoms with Gasteiger partial charge in [0.05, 0.1) is 29.7 Å². The number of amides is 1. The lowest BCUT2D eigenvalue weighted by Gasteiger charge is -2.11. The molecule has 0 spiro atoms. The maximum absolute atomic E-state index is 13.1. The van der Waals surface area contributed by atoms with Crippen LogP contribution < -0.4 is 5.32 Å². The molecule has 1 amide bonds. The summed E-state index contributed by atoms with van der Waals surface area (Å²) in [5, 5.41) is 7.20. The lowest BCUT2D eigenvalue weighted by molar-refractivity contribution is 0.0949. The number of nitrogens with one attached hydrogen (secondary N) is 1. The fraction of sp³-hybridized carbons (Fsp3) is 0.238. The van der Waals surface area contributed by atoms with Crippen LogP contribution in [0.5, 0.6) is 0 Å². The van der Waals surface area contributed by atoms with Gasteiger partial charge in [-0.15, -0.1) is 0 Å². The van der Waals surface area contributed by atoms with Crippen molar-refractivity contribution in [3.63, 3.8) is 0 Å². The molecular weight excluding hydrogens is 345 g/mol. The minimum atomic E-state index is -0.313. The Kier molecular flexibility index (Phi) is 5.98. The van der Waals surface area contributed by atoms with Gasteiger partial charge in [0.25, 0.3) is 5.91 Å². The van der Waals surface area contributed by atoms with Crippen molar-refractivity contribution >= 4 is 5.91 Å². The van der Waals surface area contributed by atoms with E-state index in [0.29, 0.717) is 36.7 Å². The van der Waals surface area contributed by atoms with Gasteiger partial charge in [-0.05, 0) is 49.2 Å². The molecule has 6 heteroatoms. The molecule has 27 heavy (non-hydrogen) atoms. The second-order valence-corrected chi connectivity index (χ2v) is 6.12. The summed E-state index contributed by atoms with van der Waals surface area (Å²) in [7, 11) is 0. The van der Waals surface area contributed by atoms with Crippen molar-refractivity contribution in [2.75, 3.05) is 6.61 Å². The summed E-state index contributed by atoms with van der Waals surface area (Å²) in [4.78, 5) is 12.6. The molecule has 1 aromatic heterocycles. The quantitative estimate of drug-likeness (QED) is 0.691. The first-order valence-corrected chi connectivity index (χ1v) is 8.83.